The SMILES string of the molecule is CC(C)(C)OC(=O)NC/C(=N\O)c1ncc(Cl)cc1Cl. The minimum Gasteiger partial charge on any atom is -0.444 e. The van der Waals surface area contributed by atoms with Gasteiger partial charge in [0.25, 0.3) is 0 Å². The minimum atomic E-state index is -0.635. The Morgan fingerprint density at radius 3 is 2.65 bits per heavy atom. The van der Waals surface area contributed by atoms with Crippen LogP contribution in [0.4, 0.5) is 4.79 Å². The maximum Gasteiger partial charge on any atom is 0.407 e. The van der Waals surface area contributed by atoms with E-state index in [2.05, 4.69) is 15.5 Å². The molecule has 0 saturated carbocycles. The van der Waals surface area contributed by atoms with E-state index in [0.29, 0.717) is 5.02 Å². The maximum absolute atomic E-state index is 11.5. The Labute approximate surface area is 126 Å². The van der Waals surface area contributed by atoms with E-state index >= 15 is 0 Å². The Bertz CT molecular complexity index is 527. The van der Waals surface area contributed by atoms with Crippen LogP contribution >= 0.6 is 23.2 Å². The first-order valence-electron chi connectivity index (χ1n) is 5.72. The highest BCUT2D eigenvalue weighted by Crippen LogP contribution is 2.19. The molecule has 1 aromatic heterocycles. The smallest absolute Gasteiger partial charge is 0.407 e. The van der Waals surface area contributed by atoms with Crippen LogP contribution in [0.1, 0.15) is 26.5 Å². The van der Waals surface area contributed by atoms with Gasteiger partial charge in [-0.25, -0.2) is 4.79 Å². The van der Waals surface area contributed by atoms with Crippen LogP contribution in [0.15, 0.2) is 17.4 Å². The summed E-state index contributed by atoms with van der Waals surface area (Å²) in [4.78, 5) is 15.5. The van der Waals surface area contributed by atoms with E-state index in [9.17, 15) is 4.79 Å². The normalized spacial score (nSPS) is 12.2. The highest BCUT2D eigenvalue weighted by Gasteiger charge is 2.18. The third-order valence-electron chi connectivity index (χ3n) is 2.00. The Morgan fingerprint density at radius 1 is 1.50 bits per heavy atom. The molecule has 0 aliphatic carbocycles. The van der Waals surface area contributed by atoms with Gasteiger partial charge in [-0.15, -0.1) is 0 Å². The predicted octanol–water partition coefficient (Wildman–Crippen LogP) is 3.09. The van der Waals surface area contributed by atoms with Gasteiger partial charge in [-0.05, 0) is 26.8 Å². The molecule has 0 aliphatic heterocycles. The van der Waals surface area contributed by atoms with E-state index in [0.717, 1.165) is 0 Å². The molecule has 0 atom stereocenters. The summed E-state index contributed by atoms with van der Waals surface area (Å²) in [6.07, 6.45) is 0.727. The number of hydrogen-bond acceptors (Lipinski definition) is 5. The summed E-state index contributed by atoms with van der Waals surface area (Å²) >= 11 is 11.7. The fourth-order valence-electron chi connectivity index (χ4n) is 1.26. The zero-order valence-corrected chi connectivity index (χ0v) is 12.8. The first kappa shape index (κ1) is 16.5. The Kier molecular flexibility index (Phi) is 5.59. The number of oxime groups is 1. The van der Waals surface area contributed by atoms with Gasteiger partial charge < -0.3 is 15.3 Å². The standard InChI is InChI=1S/C12H15Cl2N3O3/c1-12(2,3)20-11(18)16-6-9(17-19)10-8(14)4-7(13)5-15-10/h4-5,19H,6H2,1-3H3,(H,16,18)/b17-9+. The molecule has 0 aromatic carbocycles. The van der Waals surface area contributed by atoms with Crippen LogP contribution in [0.25, 0.3) is 0 Å². The van der Waals surface area contributed by atoms with E-state index < -0.39 is 11.7 Å². The van der Waals surface area contributed by atoms with Crippen LogP contribution in [-0.4, -0.2) is 34.1 Å². The second-order valence-electron chi connectivity index (χ2n) is 4.89. The highest BCUT2D eigenvalue weighted by atomic mass is 35.5. The lowest BCUT2D eigenvalue weighted by molar-refractivity contribution is 0.0536. The number of hydrogen-bond donors (Lipinski definition) is 2. The van der Waals surface area contributed by atoms with Crippen molar-refractivity contribution in [3.63, 3.8) is 0 Å². The molecule has 1 aromatic rings. The fraction of sp³-hybridized carbons (Fsp3) is 0.417. The van der Waals surface area contributed by atoms with Gasteiger partial charge >= 0.3 is 6.09 Å². The molecular weight excluding hydrogens is 305 g/mol. The van der Waals surface area contributed by atoms with Crippen LogP contribution in [0, 0.1) is 0 Å². The van der Waals surface area contributed by atoms with Crippen LogP contribution < -0.4 is 5.32 Å². The van der Waals surface area contributed by atoms with Crippen molar-refractivity contribution < 1.29 is 14.7 Å². The third kappa shape index (κ3) is 5.22. The summed E-state index contributed by atoms with van der Waals surface area (Å²) in [5.41, 5.74) is -0.288. The molecule has 1 rings (SSSR count). The largest absolute Gasteiger partial charge is 0.444 e. The molecule has 0 aliphatic rings. The zero-order chi connectivity index (χ0) is 15.3. The molecule has 0 saturated heterocycles. The Hall–Kier alpha value is -1.53. The molecule has 110 valence electrons. The van der Waals surface area contributed by atoms with E-state index in [-0.39, 0.29) is 23.0 Å². The van der Waals surface area contributed by atoms with Gasteiger partial charge in [0.1, 0.15) is 17.0 Å². The average molecular weight is 320 g/mol. The molecule has 8 heteroatoms. The molecule has 0 radical (unpaired) electrons. The van der Waals surface area contributed by atoms with Crippen molar-refractivity contribution in [1.29, 1.82) is 0 Å². The third-order valence-corrected chi connectivity index (χ3v) is 2.50. The molecule has 2 N–H and O–H groups in total. The van der Waals surface area contributed by atoms with Crippen molar-refractivity contribution in [2.24, 2.45) is 5.16 Å². The van der Waals surface area contributed by atoms with Gasteiger partial charge in [0.2, 0.25) is 0 Å². The Balaban J connectivity index is 2.72. The quantitative estimate of drug-likeness (QED) is 0.509. The van der Waals surface area contributed by atoms with Crippen molar-refractivity contribution in [1.82, 2.24) is 10.3 Å². The lowest BCUT2D eigenvalue weighted by Gasteiger charge is -2.19. The van der Waals surface area contributed by atoms with Crippen molar-refractivity contribution in [3.05, 3.63) is 28.0 Å². The molecule has 0 spiro atoms. The predicted molar refractivity (Wildman–Crippen MR) is 76.8 cm³/mol. The van der Waals surface area contributed by atoms with Gasteiger partial charge in [-0.3, -0.25) is 4.98 Å². The summed E-state index contributed by atoms with van der Waals surface area (Å²) in [5.74, 6) is 0. The van der Waals surface area contributed by atoms with Gasteiger partial charge in [0, 0.05) is 6.20 Å². The van der Waals surface area contributed by atoms with E-state index in [1.165, 1.54) is 12.3 Å². The monoisotopic (exact) mass is 319 g/mol. The molecule has 0 unspecified atom stereocenters. The van der Waals surface area contributed by atoms with Gasteiger partial charge in [0.05, 0.1) is 16.6 Å². The summed E-state index contributed by atoms with van der Waals surface area (Å²) in [6, 6.07) is 1.46. The summed E-state index contributed by atoms with van der Waals surface area (Å²) in [6.45, 7) is 5.14. The summed E-state index contributed by atoms with van der Waals surface area (Å²) in [7, 11) is 0. The number of carbonyl (C=O) groups excluding carboxylic acids is 1. The van der Waals surface area contributed by atoms with Gasteiger partial charge in [0.15, 0.2) is 0 Å². The van der Waals surface area contributed by atoms with Gasteiger partial charge in [-0.2, -0.15) is 0 Å². The number of rotatable bonds is 3. The minimum absolute atomic E-state index is 0.0836. The molecule has 20 heavy (non-hydrogen) atoms. The van der Waals surface area contributed by atoms with Crippen LogP contribution in [0.3, 0.4) is 0 Å². The van der Waals surface area contributed by atoms with Crippen molar-refractivity contribution in [3.8, 4) is 0 Å². The van der Waals surface area contributed by atoms with Crippen molar-refractivity contribution in [2.45, 2.75) is 26.4 Å². The molecule has 0 fully saturated rings. The number of amides is 1. The van der Waals surface area contributed by atoms with Crippen molar-refractivity contribution in [2.75, 3.05) is 6.54 Å². The Morgan fingerprint density at radius 2 is 2.15 bits per heavy atom. The topological polar surface area (TPSA) is 83.8 Å². The fourth-order valence-corrected chi connectivity index (χ4v) is 1.75. The summed E-state index contributed by atoms with van der Waals surface area (Å²) < 4.78 is 5.06. The first-order chi connectivity index (χ1) is 9.23. The van der Waals surface area contributed by atoms with E-state index in [1.54, 1.807) is 20.8 Å². The average Bonchev–Trinajstić information content (AvgIpc) is 2.29. The number of carbonyl (C=O) groups is 1. The van der Waals surface area contributed by atoms with Crippen molar-refractivity contribution >= 4 is 35.0 Å². The van der Waals surface area contributed by atoms with E-state index in [4.69, 9.17) is 33.1 Å². The van der Waals surface area contributed by atoms with Crippen LogP contribution in [0.2, 0.25) is 10.0 Å². The number of alkyl carbamates (subject to hydrolysis) is 1. The lowest BCUT2D eigenvalue weighted by Crippen LogP contribution is -2.36. The van der Waals surface area contributed by atoms with Gasteiger partial charge in [-0.1, -0.05) is 28.4 Å². The second-order valence-corrected chi connectivity index (χ2v) is 5.73. The second kappa shape index (κ2) is 6.76. The first-order valence-corrected chi connectivity index (χ1v) is 6.47. The van der Waals surface area contributed by atoms with E-state index in [1.807, 2.05) is 0 Å². The number of nitrogens with one attached hydrogen (secondary N) is 1. The summed E-state index contributed by atoms with van der Waals surface area (Å²) in [5, 5.41) is 15.1. The molecule has 6 nitrogen and oxygen atoms in total. The zero-order valence-electron chi connectivity index (χ0n) is 11.3. The number of halogens is 2. The number of ether oxygens (including phenoxy) is 1. The number of nitrogens with zero attached hydrogens (tertiary/aromatic N) is 2. The molecule has 1 heterocycles. The highest BCUT2D eigenvalue weighted by molar-refractivity contribution is 6.36. The number of aromatic nitrogens is 1. The lowest BCUT2D eigenvalue weighted by atomic mass is 10.2. The van der Waals surface area contributed by atoms with Crippen LogP contribution in [-0.2, 0) is 4.74 Å². The molecular formula is C12H15Cl2N3O3. The van der Waals surface area contributed by atoms with Crippen LogP contribution in [0.5, 0.6) is 0 Å². The number of pyridine rings is 1. The maximum atomic E-state index is 11.5. The molecule has 1 amide bonds. The molecule has 0 bridgehead atoms.